The van der Waals surface area contributed by atoms with Crippen LogP contribution in [-0.4, -0.2) is 5.67 Å². The normalized spacial score (nSPS) is 15.1. The molecular weight excluding hydrogens is 175 g/mol. The Hall–Kier alpha value is -0.330. The van der Waals surface area contributed by atoms with Crippen molar-refractivity contribution in [2.75, 3.05) is 0 Å². The van der Waals surface area contributed by atoms with Crippen molar-refractivity contribution in [1.29, 1.82) is 0 Å². The number of hydrogen-bond acceptors (Lipinski definition) is 0. The highest BCUT2D eigenvalue weighted by Gasteiger charge is 2.16. The molecule has 0 saturated heterocycles. The van der Waals surface area contributed by atoms with Crippen molar-refractivity contribution in [1.82, 2.24) is 0 Å². The lowest BCUT2D eigenvalue weighted by atomic mass is 9.99. The Morgan fingerprint density at radius 2 is 1.57 bits per heavy atom. The molecule has 0 aromatic carbocycles. The summed E-state index contributed by atoms with van der Waals surface area (Å²) in [5.74, 6) is 0. The molecule has 0 N–H and O–H groups in total. The van der Waals surface area contributed by atoms with Gasteiger partial charge in [0.2, 0.25) is 0 Å². The second kappa shape index (κ2) is 8.02. The third-order valence-corrected chi connectivity index (χ3v) is 2.69. The van der Waals surface area contributed by atoms with Gasteiger partial charge in [-0.15, -0.1) is 0 Å². The predicted octanol–water partition coefficient (Wildman–Crippen LogP) is 5.04. The molecule has 14 heavy (non-hydrogen) atoms. The quantitative estimate of drug-likeness (QED) is 0.361. The van der Waals surface area contributed by atoms with Gasteiger partial charge in [0.15, 0.2) is 0 Å². The Kier molecular flexibility index (Phi) is 7.83. The molecule has 0 nitrogen and oxygen atoms in total. The van der Waals surface area contributed by atoms with Gasteiger partial charge in [0.25, 0.3) is 0 Å². The van der Waals surface area contributed by atoms with Gasteiger partial charge in [0.05, 0.1) is 0 Å². The van der Waals surface area contributed by atoms with E-state index in [4.69, 9.17) is 0 Å². The minimum Gasteiger partial charge on any atom is -0.240 e. The smallest absolute Gasteiger partial charge is 0.126 e. The number of rotatable bonds is 9. The Bertz CT molecular complexity index is 138. The molecule has 0 heterocycles. The number of allylic oxidation sites excluding steroid dienone is 1. The molecule has 0 aromatic rings. The van der Waals surface area contributed by atoms with E-state index in [9.17, 15) is 4.39 Å². The molecule has 0 radical (unpaired) electrons. The standard InChI is InChI=1S/C13H25F/c1-4-6-7-8-9-10-11-12-13(3,14)5-2/h5H,2,4,6-12H2,1,3H3. The third-order valence-electron chi connectivity index (χ3n) is 2.69. The third kappa shape index (κ3) is 8.28. The Morgan fingerprint density at radius 1 is 1.07 bits per heavy atom. The molecule has 1 unspecified atom stereocenters. The van der Waals surface area contributed by atoms with E-state index in [-0.39, 0.29) is 0 Å². The van der Waals surface area contributed by atoms with Crippen molar-refractivity contribution in [3.63, 3.8) is 0 Å². The van der Waals surface area contributed by atoms with Crippen LogP contribution in [0.2, 0.25) is 0 Å². The fourth-order valence-electron chi connectivity index (χ4n) is 1.53. The van der Waals surface area contributed by atoms with E-state index in [2.05, 4.69) is 13.5 Å². The average Bonchev–Trinajstić information content (AvgIpc) is 2.16. The molecule has 0 saturated carbocycles. The summed E-state index contributed by atoms with van der Waals surface area (Å²) in [6.07, 6.45) is 10.7. The Labute approximate surface area is 88.6 Å². The van der Waals surface area contributed by atoms with E-state index >= 15 is 0 Å². The van der Waals surface area contributed by atoms with Gasteiger partial charge in [-0.05, 0) is 19.8 Å². The van der Waals surface area contributed by atoms with Crippen LogP contribution in [0.4, 0.5) is 4.39 Å². The van der Waals surface area contributed by atoms with Crippen LogP contribution in [0.3, 0.4) is 0 Å². The van der Waals surface area contributed by atoms with Crippen LogP contribution in [0.1, 0.15) is 65.2 Å². The molecule has 1 heteroatoms. The minimum absolute atomic E-state index is 0.629. The summed E-state index contributed by atoms with van der Waals surface area (Å²) < 4.78 is 13.3. The highest BCUT2D eigenvalue weighted by atomic mass is 19.1. The maximum atomic E-state index is 13.3. The Morgan fingerprint density at radius 3 is 2.07 bits per heavy atom. The summed E-state index contributed by atoms with van der Waals surface area (Å²) in [6, 6.07) is 0. The van der Waals surface area contributed by atoms with Crippen LogP contribution in [0.15, 0.2) is 12.7 Å². The summed E-state index contributed by atoms with van der Waals surface area (Å²) in [6.45, 7) is 7.33. The van der Waals surface area contributed by atoms with Crippen molar-refractivity contribution in [2.24, 2.45) is 0 Å². The zero-order chi connectivity index (χ0) is 10.9. The second-order valence-electron chi connectivity index (χ2n) is 4.35. The lowest BCUT2D eigenvalue weighted by molar-refractivity contribution is 0.233. The maximum absolute atomic E-state index is 13.3. The summed E-state index contributed by atoms with van der Waals surface area (Å²) in [7, 11) is 0. The largest absolute Gasteiger partial charge is 0.240 e. The number of halogens is 1. The summed E-state index contributed by atoms with van der Waals surface area (Å²) >= 11 is 0. The predicted molar refractivity (Wildman–Crippen MR) is 62.3 cm³/mol. The SMILES string of the molecule is C=CC(C)(F)CCCCCCCCC. The van der Waals surface area contributed by atoms with Crippen molar-refractivity contribution < 1.29 is 4.39 Å². The molecular formula is C13H25F. The van der Waals surface area contributed by atoms with E-state index in [0.717, 1.165) is 12.8 Å². The van der Waals surface area contributed by atoms with E-state index in [1.807, 2.05) is 0 Å². The van der Waals surface area contributed by atoms with Gasteiger partial charge in [-0.25, -0.2) is 4.39 Å². The van der Waals surface area contributed by atoms with E-state index in [1.54, 1.807) is 6.92 Å². The first kappa shape index (κ1) is 13.7. The maximum Gasteiger partial charge on any atom is 0.126 e. The highest BCUT2D eigenvalue weighted by molar-refractivity contribution is 4.91. The zero-order valence-corrected chi connectivity index (χ0v) is 9.82. The summed E-state index contributed by atoms with van der Waals surface area (Å²) in [5, 5.41) is 0. The van der Waals surface area contributed by atoms with Crippen molar-refractivity contribution in [3.05, 3.63) is 12.7 Å². The van der Waals surface area contributed by atoms with Crippen LogP contribution in [0, 0.1) is 0 Å². The molecule has 0 amide bonds. The van der Waals surface area contributed by atoms with Gasteiger partial charge >= 0.3 is 0 Å². The van der Waals surface area contributed by atoms with Gasteiger partial charge in [-0.1, -0.05) is 58.1 Å². The van der Waals surface area contributed by atoms with Gasteiger partial charge < -0.3 is 0 Å². The van der Waals surface area contributed by atoms with E-state index in [0.29, 0.717) is 6.42 Å². The summed E-state index contributed by atoms with van der Waals surface area (Å²) in [4.78, 5) is 0. The summed E-state index contributed by atoms with van der Waals surface area (Å²) in [5.41, 5.74) is -1.15. The fraction of sp³-hybridized carbons (Fsp3) is 0.846. The van der Waals surface area contributed by atoms with Gasteiger partial charge in [0, 0.05) is 0 Å². The van der Waals surface area contributed by atoms with E-state index < -0.39 is 5.67 Å². The number of hydrogen-bond donors (Lipinski definition) is 0. The van der Waals surface area contributed by atoms with Crippen LogP contribution in [-0.2, 0) is 0 Å². The molecule has 0 aromatic heterocycles. The van der Waals surface area contributed by atoms with Crippen molar-refractivity contribution >= 4 is 0 Å². The fourth-order valence-corrected chi connectivity index (χ4v) is 1.53. The molecule has 0 aliphatic heterocycles. The first-order chi connectivity index (χ1) is 6.62. The molecule has 1 atom stereocenters. The second-order valence-corrected chi connectivity index (χ2v) is 4.35. The van der Waals surface area contributed by atoms with E-state index in [1.165, 1.54) is 38.2 Å². The molecule has 0 rings (SSSR count). The molecule has 0 bridgehead atoms. The molecule has 0 spiro atoms. The number of unbranched alkanes of at least 4 members (excludes halogenated alkanes) is 6. The first-order valence-corrected chi connectivity index (χ1v) is 5.95. The molecule has 0 fully saturated rings. The highest BCUT2D eigenvalue weighted by Crippen LogP contribution is 2.20. The van der Waals surface area contributed by atoms with Crippen molar-refractivity contribution in [2.45, 2.75) is 70.9 Å². The van der Waals surface area contributed by atoms with Gasteiger partial charge in [-0.2, -0.15) is 0 Å². The van der Waals surface area contributed by atoms with Crippen LogP contribution in [0.25, 0.3) is 0 Å². The lowest BCUT2D eigenvalue weighted by Crippen LogP contribution is -2.12. The zero-order valence-electron chi connectivity index (χ0n) is 9.82. The van der Waals surface area contributed by atoms with Crippen molar-refractivity contribution in [3.8, 4) is 0 Å². The molecule has 84 valence electrons. The molecule has 0 aliphatic rings. The first-order valence-electron chi connectivity index (χ1n) is 5.95. The van der Waals surface area contributed by atoms with Gasteiger partial charge in [-0.3, -0.25) is 0 Å². The van der Waals surface area contributed by atoms with Crippen LogP contribution >= 0.6 is 0 Å². The molecule has 0 aliphatic carbocycles. The van der Waals surface area contributed by atoms with Gasteiger partial charge in [0.1, 0.15) is 5.67 Å². The monoisotopic (exact) mass is 200 g/mol. The minimum atomic E-state index is -1.15. The van der Waals surface area contributed by atoms with Crippen LogP contribution in [0.5, 0.6) is 0 Å². The van der Waals surface area contributed by atoms with Crippen LogP contribution < -0.4 is 0 Å². The number of alkyl halides is 1. The average molecular weight is 200 g/mol. The topological polar surface area (TPSA) is 0 Å². The lowest BCUT2D eigenvalue weighted by Gasteiger charge is -2.14. The Balaban J connectivity index is 3.17.